The first kappa shape index (κ1) is 5.75. The molecule has 0 N–H and O–H groups in total. The molecule has 0 bridgehead atoms. The number of hydrogen-bond donors (Lipinski definition) is 0. The third-order valence-electron chi connectivity index (χ3n) is 7.15. The highest BCUT2D eigenvalue weighted by Crippen LogP contribution is 3.05. The van der Waals surface area contributed by atoms with E-state index in [9.17, 15) is 4.79 Å². The van der Waals surface area contributed by atoms with Gasteiger partial charge >= 0.3 is 0 Å². The third-order valence-corrected chi connectivity index (χ3v) is 7.48. The molecule has 0 aromatic carbocycles. The standard InChI is InChI=1S/C11H9ClO/c12-10(13)11-7-3-1-2-4(3)8(11)6(2)9(11)5(1)7/h1-9H. The van der Waals surface area contributed by atoms with Crippen molar-refractivity contribution in [2.75, 3.05) is 0 Å². The van der Waals surface area contributed by atoms with Crippen LogP contribution >= 0.6 is 11.6 Å². The molecule has 8 atom stereocenters. The molecule has 1 nitrogen and oxygen atoms in total. The average molecular weight is 193 g/mol. The van der Waals surface area contributed by atoms with Gasteiger partial charge in [0.15, 0.2) is 0 Å². The van der Waals surface area contributed by atoms with Gasteiger partial charge in [-0.3, -0.25) is 4.79 Å². The van der Waals surface area contributed by atoms with Crippen LogP contribution in [0.1, 0.15) is 0 Å². The van der Waals surface area contributed by atoms with E-state index in [0.29, 0.717) is 0 Å². The van der Waals surface area contributed by atoms with Crippen molar-refractivity contribution in [2.24, 2.45) is 58.7 Å². The summed E-state index contributed by atoms with van der Waals surface area (Å²) in [7, 11) is 0. The molecule has 2 heteroatoms. The zero-order chi connectivity index (χ0) is 8.27. The summed E-state index contributed by atoms with van der Waals surface area (Å²) in [6.45, 7) is 0. The van der Waals surface area contributed by atoms with Crippen molar-refractivity contribution in [3.05, 3.63) is 0 Å². The Morgan fingerprint density at radius 3 is 1.77 bits per heavy atom. The predicted molar refractivity (Wildman–Crippen MR) is 44.7 cm³/mol. The van der Waals surface area contributed by atoms with Gasteiger partial charge in [-0.15, -0.1) is 0 Å². The highest BCUT2D eigenvalue weighted by Gasteiger charge is 3.04. The van der Waals surface area contributed by atoms with Gasteiger partial charge < -0.3 is 0 Å². The Morgan fingerprint density at radius 1 is 0.846 bits per heavy atom. The van der Waals surface area contributed by atoms with Crippen molar-refractivity contribution in [3.8, 4) is 0 Å². The van der Waals surface area contributed by atoms with Crippen LogP contribution in [0.2, 0.25) is 0 Å². The van der Waals surface area contributed by atoms with Crippen LogP contribution in [0.15, 0.2) is 0 Å². The normalized spacial score (nSPS) is 91.3. The van der Waals surface area contributed by atoms with E-state index >= 15 is 0 Å². The van der Waals surface area contributed by atoms with Gasteiger partial charge in [-0.25, -0.2) is 0 Å². The van der Waals surface area contributed by atoms with Crippen LogP contribution < -0.4 is 0 Å². The Balaban J connectivity index is 1.73. The second kappa shape index (κ2) is 1.11. The second-order valence-electron chi connectivity index (χ2n) is 6.25. The van der Waals surface area contributed by atoms with Crippen molar-refractivity contribution in [2.45, 2.75) is 0 Å². The molecule has 0 aliphatic heterocycles. The minimum Gasteiger partial charge on any atom is -0.281 e. The van der Waals surface area contributed by atoms with E-state index in [-0.39, 0.29) is 10.7 Å². The second-order valence-corrected chi connectivity index (χ2v) is 6.59. The van der Waals surface area contributed by atoms with Gasteiger partial charge in [0.25, 0.3) is 0 Å². The van der Waals surface area contributed by atoms with Crippen LogP contribution in [0.25, 0.3) is 0 Å². The van der Waals surface area contributed by atoms with Crippen molar-refractivity contribution in [3.63, 3.8) is 0 Å². The van der Waals surface area contributed by atoms with E-state index in [2.05, 4.69) is 0 Å². The molecule has 66 valence electrons. The maximum atomic E-state index is 11.6. The molecule has 0 spiro atoms. The monoisotopic (exact) mass is 192 g/mol. The van der Waals surface area contributed by atoms with Crippen LogP contribution in [-0.4, -0.2) is 5.24 Å². The van der Waals surface area contributed by atoms with Crippen molar-refractivity contribution >= 4 is 16.8 Å². The number of hydrogen-bond acceptors (Lipinski definition) is 1. The maximum absolute atomic E-state index is 11.6. The molecule has 5 saturated carbocycles. The van der Waals surface area contributed by atoms with Crippen LogP contribution in [0.3, 0.4) is 0 Å². The molecule has 5 rings (SSSR count). The van der Waals surface area contributed by atoms with E-state index in [1.54, 1.807) is 0 Å². The number of halogens is 1. The zero-order valence-electron chi connectivity index (χ0n) is 6.98. The summed E-state index contributed by atoms with van der Waals surface area (Å²) in [5, 5.41) is 0.0475. The maximum Gasteiger partial charge on any atom is 0.228 e. The van der Waals surface area contributed by atoms with E-state index < -0.39 is 0 Å². The van der Waals surface area contributed by atoms with Crippen molar-refractivity contribution in [1.82, 2.24) is 0 Å². The minimum atomic E-state index is 0.0475. The summed E-state index contributed by atoms with van der Waals surface area (Å²) < 4.78 is 0. The van der Waals surface area contributed by atoms with E-state index in [4.69, 9.17) is 11.6 Å². The number of fused-ring (bicyclic) bond motifs is 15. The molecule has 5 aliphatic carbocycles. The Kier molecular flexibility index (Phi) is 0.491. The lowest BCUT2D eigenvalue weighted by molar-refractivity contribution is -0.253. The molecular weight excluding hydrogens is 184 g/mol. The van der Waals surface area contributed by atoms with E-state index in [0.717, 1.165) is 53.3 Å². The molecule has 5 fully saturated rings. The summed E-state index contributed by atoms with van der Waals surface area (Å²) in [5.74, 6) is 8.49. The molecule has 13 heavy (non-hydrogen) atoms. The first-order valence-corrected chi connectivity index (χ1v) is 5.89. The third kappa shape index (κ3) is 0.229. The highest BCUT2D eigenvalue weighted by atomic mass is 35.5. The lowest BCUT2D eigenvalue weighted by Gasteiger charge is -2.72. The molecule has 5 aliphatic rings. The molecule has 0 heterocycles. The van der Waals surface area contributed by atoms with Crippen LogP contribution in [-0.2, 0) is 4.79 Å². The van der Waals surface area contributed by atoms with E-state index in [1.165, 1.54) is 0 Å². The summed E-state index contributed by atoms with van der Waals surface area (Å²) in [6.07, 6.45) is 0. The predicted octanol–water partition coefficient (Wildman–Crippen LogP) is 1.37. The first-order valence-electron chi connectivity index (χ1n) is 5.51. The molecule has 0 aromatic rings. The Hall–Kier alpha value is -0.0400. The number of rotatable bonds is 1. The van der Waals surface area contributed by atoms with Gasteiger partial charge in [-0.05, 0) is 64.9 Å². The largest absolute Gasteiger partial charge is 0.281 e. The zero-order valence-corrected chi connectivity index (χ0v) is 7.74. The van der Waals surface area contributed by atoms with E-state index in [1.807, 2.05) is 0 Å². The Labute approximate surface area is 80.8 Å². The van der Waals surface area contributed by atoms with Gasteiger partial charge in [0, 0.05) is 0 Å². The van der Waals surface area contributed by atoms with Crippen LogP contribution in [0, 0.1) is 58.7 Å². The molecular formula is C11H9ClO. The lowest BCUT2D eigenvalue weighted by Crippen LogP contribution is -2.73. The summed E-state index contributed by atoms with van der Waals surface area (Å²) >= 11 is 5.84. The van der Waals surface area contributed by atoms with Crippen LogP contribution in [0.5, 0.6) is 0 Å². The van der Waals surface area contributed by atoms with Gasteiger partial charge in [-0.2, -0.15) is 0 Å². The first-order chi connectivity index (χ1) is 6.31. The average Bonchev–Trinajstić information content (AvgIpc) is 2.55. The minimum absolute atomic E-state index is 0.0475. The smallest absolute Gasteiger partial charge is 0.228 e. The van der Waals surface area contributed by atoms with Gasteiger partial charge in [0.1, 0.15) is 0 Å². The van der Waals surface area contributed by atoms with Crippen molar-refractivity contribution < 1.29 is 4.79 Å². The molecule has 0 aromatic heterocycles. The number of carbonyl (C=O) groups excluding carboxylic acids is 1. The molecule has 0 saturated heterocycles. The Morgan fingerprint density at radius 2 is 1.31 bits per heavy atom. The van der Waals surface area contributed by atoms with Gasteiger partial charge in [0.2, 0.25) is 5.24 Å². The van der Waals surface area contributed by atoms with Gasteiger partial charge in [-0.1, -0.05) is 0 Å². The topological polar surface area (TPSA) is 17.1 Å². The Bertz CT molecular complexity index is 357. The fourth-order valence-electron chi connectivity index (χ4n) is 7.48. The quantitative estimate of drug-likeness (QED) is 0.453. The van der Waals surface area contributed by atoms with Gasteiger partial charge in [0.05, 0.1) is 5.41 Å². The number of carbonyl (C=O) groups is 1. The highest BCUT2D eigenvalue weighted by molar-refractivity contribution is 6.65. The van der Waals surface area contributed by atoms with Crippen molar-refractivity contribution in [1.29, 1.82) is 0 Å². The van der Waals surface area contributed by atoms with Crippen LogP contribution in [0.4, 0.5) is 0 Å². The fourth-order valence-corrected chi connectivity index (χ4v) is 7.86. The summed E-state index contributed by atoms with van der Waals surface area (Å²) in [4.78, 5) is 11.6. The molecule has 8 unspecified atom stereocenters. The molecule has 0 amide bonds. The summed E-state index contributed by atoms with van der Waals surface area (Å²) in [6, 6.07) is 0. The summed E-state index contributed by atoms with van der Waals surface area (Å²) in [5.41, 5.74) is 0.0791. The molecule has 0 radical (unpaired) electrons. The fraction of sp³-hybridized carbons (Fsp3) is 0.909. The SMILES string of the molecule is O=C(Cl)C12C3C4C5C6C4C1C6C2C53. The lowest BCUT2D eigenvalue weighted by atomic mass is 9.31.